The van der Waals surface area contributed by atoms with Gasteiger partial charge in [-0.25, -0.2) is 0 Å². The summed E-state index contributed by atoms with van der Waals surface area (Å²) in [4.78, 5) is 0. The summed E-state index contributed by atoms with van der Waals surface area (Å²) in [5, 5.41) is 0. The zero-order valence-corrected chi connectivity index (χ0v) is 16.6. The van der Waals surface area contributed by atoms with E-state index < -0.39 is 0 Å². The molecule has 0 nitrogen and oxygen atoms in total. The fourth-order valence-corrected chi connectivity index (χ4v) is 3.87. The number of benzene rings is 5. The van der Waals surface area contributed by atoms with E-state index in [9.17, 15) is 0 Å². The molecule has 1 radical (unpaired) electrons. The third-order valence-corrected chi connectivity index (χ3v) is 5.47. The highest BCUT2D eigenvalue weighted by Crippen LogP contribution is 2.34. The van der Waals surface area contributed by atoms with Crippen LogP contribution in [0.25, 0.3) is 44.5 Å². The van der Waals surface area contributed by atoms with Crippen molar-refractivity contribution in [1.82, 2.24) is 0 Å². The number of rotatable bonds is 4. The van der Waals surface area contributed by atoms with Crippen molar-refractivity contribution >= 4 is 0 Å². The van der Waals surface area contributed by atoms with Gasteiger partial charge >= 0.3 is 0 Å². The minimum absolute atomic E-state index is 1.20. The lowest BCUT2D eigenvalue weighted by Crippen LogP contribution is -1.86. The van der Waals surface area contributed by atoms with E-state index in [1.54, 1.807) is 0 Å². The molecule has 0 aliphatic carbocycles. The number of hydrogen-bond acceptors (Lipinski definition) is 0. The molecule has 0 spiro atoms. The van der Waals surface area contributed by atoms with Crippen LogP contribution in [0.2, 0.25) is 0 Å². The standard InChI is InChI=1S/C30H21/c1-3-9-23(10-4-1)25-15-19-27(20-16-25)29-13-7-8-14-30(29)28-21-17-26(18-22-28)24-11-5-2-6-12-24/h1-7,9-22H. The summed E-state index contributed by atoms with van der Waals surface area (Å²) in [7, 11) is 0. The van der Waals surface area contributed by atoms with E-state index in [-0.39, 0.29) is 0 Å². The van der Waals surface area contributed by atoms with Gasteiger partial charge in [0, 0.05) is 0 Å². The van der Waals surface area contributed by atoms with Gasteiger partial charge in [-0.3, -0.25) is 0 Å². The van der Waals surface area contributed by atoms with Crippen molar-refractivity contribution < 1.29 is 0 Å². The first-order valence-electron chi connectivity index (χ1n) is 10.2. The minimum Gasteiger partial charge on any atom is -0.0622 e. The molecule has 5 aromatic carbocycles. The molecule has 0 N–H and O–H groups in total. The Morgan fingerprint density at radius 3 is 1.23 bits per heavy atom. The Bertz CT molecular complexity index is 1130. The van der Waals surface area contributed by atoms with Crippen molar-refractivity contribution in [2.75, 3.05) is 0 Å². The minimum atomic E-state index is 1.20. The lowest BCUT2D eigenvalue weighted by Gasteiger charge is -2.12. The van der Waals surface area contributed by atoms with Crippen LogP contribution in [0.1, 0.15) is 0 Å². The Balaban J connectivity index is 1.49. The van der Waals surface area contributed by atoms with Crippen LogP contribution >= 0.6 is 0 Å². The monoisotopic (exact) mass is 381 g/mol. The Kier molecular flexibility index (Phi) is 4.98. The van der Waals surface area contributed by atoms with Gasteiger partial charge in [-0.05, 0) is 56.6 Å². The van der Waals surface area contributed by atoms with Gasteiger partial charge in [-0.2, -0.15) is 0 Å². The van der Waals surface area contributed by atoms with Crippen molar-refractivity contribution in [3.8, 4) is 44.5 Å². The van der Waals surface area contributed by atoms with Crippen molar-refractivity contribution in [1.29, 1.82) is 0 Å². The van der Waals surface area contributed by atoms with Crippen molar-refractivity contribution in [3.63, 3.8) is 0 Å². The maximum atomic E-state index is 3.25. The molecule has 0 saturated heterocycles. The topological polar surface area (TPSA) is 0 Å². The lowest BCUT2D eigenvalue weighted by molar-refractivity contribution is 1.56. The van der Waals surface area contributed by atoms with E-state index in [1.165, 1.54) is 44.5 Å². The van der Waals surface area contributed by atoms with Gasteiger partial charge in [0.1, 0.15) is 0 Å². The predicted molar refractivity (Wildman–Crippen MR) is 127 cm³/mol. The normalized spacial score (nSPS) is 10.7. The molecule has 0 unspecified atom stereocenters. The van der Waals surface area contributed by atoms with Gasteiger partial charge in [-0.1, -0.05) is 121 Å². The molecule has 141 valence electrons. The van der Waals surface area contributed by atoms with Crippen LogP contribution in [0.3, 0.4) is 0 Å². The molecule has 0 aliphatic heterocycles. The van der Waals surface area contributed by atoms with Crippen molar-refractivity contribution in [2.45, 2.75) is 0 Å². The molecule has 0 fully saturated rings. The van der Waals surface area contributed by atoms with Gasteiger partial charge in [0.25, 0.3) is 0 Å². The molecule has 0 atom stereocenters. The first-order chi connectivity index (χ1) is 14.9. The van der Waals surface area contributed by atoms with E-state index in [2.05, 4.69) is 115 Å². The summed E-state index contributed by atoms with van der Waals surface area (Å²) in [6.45, 7) is 0. The second kappa shape index (κ2) is 8.23. The molecule has 0 aromatic heterocycles. The van der Waals surface area contributed by atoms with Gasteiger partial charge in [0.15, 0.2) is 0 Å². The smallest absolute Gasteiger partial charge is 0.00992 e. The summed E-state index contributed by atoms with van der Waals surface area (Å²) in [6.07, 6.45) is 0. The average molecular weight is 381 g/mol. The van der Waals surface area contributed by atoms with Gasteiger partial charge in [0.2, 0.25) is 0 Å². The van der Waals surface area contributed by atoms with Crippen molar-refractivity contribution in [2.24, 2.45) is 0 Å². The summed E-state index contributed by atoms with van der Waals surface area (Å²) in [6, 6.07) is 48.1. The maximum absolute atomic E-state index is 3.25. The van der Waals surface area contributed by atoms with E-state index in [0.29, 0.717) is 0 Å². The third-order valence-electron chi connectivity index (χ3n) is 5.47. The van der Waals surface area contributed by atoms with Crippen molar-refractivity contribution in [3.05, 3.63) is 133 Å². The highest BCUT2D eigenvalue weighted by molar-refractivity contribution is 5.85. The molecule has 0 saturated carbocycles. The Morgan fingerprint density at radius 1 is 0.333 bits per heavy atom. The van der Waals surface area contributed by atoms with Crippen LogP contribution < -0.4 is 0 Å². The average Bonchev–Trinajstić information content (AvgIpc) is 2.85. The SMILES string of the molecule is [c]1ccc(-c2ccc(-c3ccccc3)cc2)c(-c2ccc(-c3ccccc3)cc2)c1. The second-order valence-corrected chi connectivity index (χ2v) is 7.36. The first-order valence-corrected chi connectivity index (χ1v) is 10.2. The molecule has 0 heteroatoms. The Labute approximate surface area is 178 Å². The third kappa shape index (κ3) is 3.68. The number of hydrogen-bond donors (Lipinski definition) is 0. The molecule has 0 heterocycles. The lowest BCUT2D eigenvalue weighted by atomic mass is 9.92. The molecule has 30 heavy (non-hydrogen) atoms. The quantitative estimate of drug-likeness (QED) is 0.294. The zero-order valence-electron chi connectivity index (χ0n) is 16.6. The van der Waals surface area contributed by atoms with Crippen LogP contribution in [0.5, 0.6) is 0 Å². The van der Waals surface area contributed by atoms with Gasteiger partial charge in [0.05, 0.1) is 0 Å². The van der Waals surface area contributed by atoms with Gasteiger partial charge < -0.3 is 0 Å². The van der Waals surface area contributed by atoms with E-state index >= 15 is 0 Å². The first kappa shape index (κ1) is 18.1. The predicted octanol–water partition coefficient (Wildman–Crippen LogP) is 8.15. The summed E-state index contributed by atoms with van der Waals surface area (Å²) in [5.74, 6) is 0. The Morgan fingerprint density at radius 2 is 0.733 bits per heavy atom. The highest BCUT2D eigenvalue weighted by atomic mass is 14.1. The zero-order chi connectivity index (χ0) is 20.2. The van der Waals surface area contributed by atoms with E-state index in [4.69, 9.17) is 0 Å². The molecular weight excluding hydrogens is 360 g/mol. The second-order valence-electron chi connectivity index (χ2n) is 7.36. The van der Waals surface area contributed by atoms with Gasteiger partial charge in [-0.15, -0.1) is 0 Å². The van der Waals surface area contributed by atoms with Crippen LogP contribution in [0.4, 0.5) is 0 Å². The Hall–Kier alpha value is -3.90. The molecule has 0 aliphatic rings. The molecular formula is C30H21. The van der Waals surface area contributed by atoms with Crippen LogP contribution in [-0.4, -0.2) is 0 Å². The maximum Gasteiger partial charge on any atom is -0.00992 e. The van der Waals surface area contributed by atoms with Crippen LogP contribution in [-0.2, 0) is 0 Å². The molecule has 5 rings (SSSR count). The van der Waals surface area contributed by atoms with Crippen LogP contribution in [0, 0.1) is 6.07 Å². The van der Waals surface area contributed by atoms with E-state index in [1.807, 2.05) is 18.2 Å². The molecule has 0 amide bonds. The summed E-state index contributed by atoms with van der Waals surface area (Å²) < 4.78 is 0. The highest BCUT2D eigenvalue weighted by Gasteiger charge is 2.08. The fraction of sp³-hybridized carbons (Fsp3) is 0. The fourth-order valence-electron chi connectivity index (χ4n) is 3.87. The summed E-state index contributed by atoms with van der Waals surface area (Å²) in [5.41, 5.74) is 9.77. The molecule has 5 aromatic rings. The summed E-state index contributed by atoms with van der Waals surface area (Å²) >= 11 is 0. The largest absolute Gasteiger partial charge is 0.0622 e. The van der Waals surface area contributed by atoms with Crippen LogP contribution in [0.15, 0.2) is 127 Å². The molecule has 0 bridgehead atoms. The van der Waals surface area contributed by atoms with E-state index in [0.717, 1.165) is 0 Å².